The molecule has 0 saturated heterocycles. The predicted octanol–water partition coefficient (Wildman–Crippen LogP) is 2.51. The summed E-state index contributed by atoms with van der Waals surface area (Å²) < 4.78 is 33.6. The molecule has 1 heterocycles. The molecule has 1 aromatic heterocycles. The number of methoxy groups -OCH3 is 1. The first-order valence-corrected chi connectivity index (χ1v) is 10.3. The van der Waals surface area contributed by atoms with Crippen molar-refractivity contribution < 1.29 is 27.7 Å². The van der Waals surface area contributed by atoms with Gasteiger partial charge in [0.1, 0.15) is 11.4 Å². The maximum atomic E-state index is 11.5. The molecule has 3 aromatic rings. The minimum atomic E-state index is -3.86. The van der Waals surface area contributed by atoms with E-state index in [0.717, 1.165) is 0 Å². The number of nitrogens with zero attached hydrogens (tertiary/aromatic N) is 1. The van der Waals surface area contributed by atoms with Gasteiger partial charge in [0, 0.05) is 5.56 Å². The molecule has 158 valence electrons. The van der Waals surface area contributed by atoms with Crippen molar-refractivity contribution in [3.63, 3.8) is 0 Å². The van der Waals surface area contributed by atoms with Crippen molar-refractivity contribution in [2.24, 2.45) is 5.14 Å². The number of aromatic nitrogens is 1. The summed E-state index contributed by atoms with van der Waals surface area (Å²) in [6.07, 6.45) is 0. The lowest BCUT2D eigenvalue weighted by molar-refractivity contribution is 0.160. The topological polar surface area (TPSA) is 157 Å². The molecule has 0 saturated carbocycles. The highest BCUT2D eigenvalue weighted by molar-refractivity contribution is 7.89. The molecule has 0 atom stereocenters. The molecule has 0 unspecified atom stereocenters. The Labute approximate surface area is 176 Å². The van der Waals surface area contributed by atoms with Gasteiger partial charge in [0.05, 0.1) is 29.1 Å². The first-order chi connectivity index (χ1) is 14.2. The molecule has 2 aromatic carbocycles. The summed E-state index contributed by atoms with van der Waals surface area (Å²) in [5.41, 5.74) is 3.52. The van der Waals surface area contributed by atoms with Crippen LogP contribution in [0.25, 0.3) is 22.4 Å². The van der Waals surface area contributed by atoms with Gasteiger partial charge in [-0.05, 0) is 35.9 Å². The van der Waals surface area contributed by atoms with Crippen molar-refractivity contribution in [2.45, 2.75) is 11.4 Å². The molecule has 0 spiro atoms. The van der Waals surface area contributed by atoms with Crippen LogP contribution in [0.4, 0.5) is 4.79 Å². The number of halogens is 1. The molecule has 0 aliphatic heterocycles. The molecule has 10 nitrogen and oxygen atoms in total. The third-order valence-electron chi connectivity index (χ3n) is 4.17. The van der Waals surface area contributed by atoms with Gasteiger partial charge in [0.25, 0.3) is 0 Å². The van der Waals surface area contributed by atoms with Crippen molar-refractivity contribution in [3.05, 3.63) is 53.2 Å². The maximum absolute atomic E-state index is 11.5. The van der Waals surface area contributed by atoms with Crippen molar-refractivity contribution in [3.8, 4) is 28.1 Å². The average Bonchev–Trinajstić information content (AvgIpc) is 3.15. The Morgan fingerprint density at radius 2 is 1.90 bits per heavy atom. The SMILES string of the molecule is COc1ccc(-c2noc(CNC(=O)NO)c2-c2ccc(S(N)(=O)=O)cc2)cc1Cl. The summed E-state index contributed by atoms with van der Waals surface area (Å²) in [6, 6.07) is 9.96. The second kappa shape index (κ2) is 8.71. The molecule has 0 bridgehead atoms. The Morgan fingerprint density at radius 1 is 1.23 bits per heavy atom. The van der Waals surface area contributed by atoms with Crippen molar-refractivity contribution in [1.29, 1.82) is 0 Å². The third kappa shape index (κ3) is 4.54. The second-order valence-electron chi connectivity index (χ2n) is 6.04. The van der Waals surface area contributed by atoms with E-state index in [1.165, 1.54) is 36.9 Å². The van der Waals surface area contributed by atoms with E-state index >= 15 is 0 Å². The van der Waals surface area contributed by atoms with Crippen LogP contribution in [0.3, 0.4) is 0 Å². The Balaban J connectivity index is 2.11. The van der Waals surface area contributed by atoms with Gasteiger partial charge in [-0.15, -0.1) is 0 Å². The normalized spacial score (nSPS) is 11.2. The predicted molar refractivity (Wildman–Crippen MR) is 107 cm³/mol. The monoisotopic (exact) mass is 452 g/mol. The van der Waals surface area contributed by atoms with Crippen molar-refractivity contribution >= 4 is 27.7 Å². The number of hydrogen-bond acceptors (Lipinski definition) is 7. The van der Waals surface area contributed by atoms with Crippen LogP contribution < -0.4 is 20.7 Å². The van der Waals surface area contributed by atoms with E-state index < -0.39 is 16.1 Å². The number of hydroxylamine groups is 1. The largest absolute Gasteiger partial charge is 0.495 e. The van der Waals surface area contributed by atoms with E-state index in [1.807, 2.05) is 0 Å². The van der Waals surface area contributed by atoms with Crippen LogP contribution >= 0.6 is 11.6 Å². The van der Waals surface area contributed by atoms with Gasteiger partial charge < -0.3 is 14.6 Å². The van der Waals surface area contributed by atoms with Gasteiger partial charge in [-0.1, -0.05) is 28.9 Å². The Hall–Kier alpha value is -3.12. The number of ether oxygens (including phenoxy) is 1. The molecule has 0 aliphatic carbocycles. The summed E-state index contributed by atoms with van der Waals surface area (Å²) in [4.78, 5) is 11.3. The highest BCUT2D eigenvalue weighted by Crippen LogP contribution is 2.37. The quantitative estimate of drug-likeness (QED) is 0.330. The average molecular weight is 453 g/mol. The van der Waals surface area contributed by atoms with Crippen LogP contribution in [0, 0.1) is 0 Å². The molecular weight excluding hydrogens is 436 g/mol. The number of hydrogen-bond donors (Lipinski definition) is 4. The van der Waals surface area contributed by atoms with Gasteiger partial charge in [-0.25, -0.2) is 23.8 Å². The number of rotatable bonds is 6. The van der Waals surface area contributed by atoms with Gasteiger partial charge in [-0.3, -0.25) is 5.21 Å². The zero-order valence-electron chi connectivity index (χ0n) is 15.5. The minimum Gasteiger partial charge on any atom is -0.495 e. The molecule has 5 N–H and O–H groups in total. The molecule has 12 heteroatoms. The van der Waals surface area contributed by atoms with E-state index in [2.05, 4.69) is 10.5 Å². The first kappa shape index (κ1) is 21.6. The van der Waals surface area contributed by atoms with Gasteiger partial charge in [-0.2, -0.15) is 0 Å². The number of carbonyl (C=O) groups is 1. The first-order valence-electron chi connectivity index (χ1n) is 8.38. The molecule has 0 fully saturated rings. The summed E-state index contributed by atoms with van der Waals surface area (Å²) in [7, 11) is -2.37. The van der Waals surface area contributed by atoms with E-state index in [1.54, 1.807) is 18.2 Å². The van der Waals surface area contributed by atoms with Crippen LogP contribution in [0.2, 0.25) is 5.02 Å². The van der Waals surface area contributed by atoms with Crippen molar-refractivity contribution in [2.75, 3.05) is 7.11 Å². The van der Waals surface area contributed by atoms with Crippen LogP contribution in [0.15, 0.2) is 51.9 Å². The number of urea groups is 1. The number of nitrogens with one attached hydrogen (secondary N) is 2. The lowest BCUT2D eigenvalue weighted by Gasteiger charge is -2.08. The molecular formula is C18H17ClN4O6S. The highest BCUT2D eigenvalue weighted by Gasteiger charge is 2.21. The molecule has 0 aliphatic rings. The minimum absolute atomic E-state index is 0.0592. The van der Waals surface area contributed by atoms with Gasteiger partial charge in [0.2, 0.25) is 10.0 Å². The smallest absolute Gasteiger partial charge is 0.338 e. The molecule has 30 heavy (non-hydrogen) atoms. The van der Waals surface area contributed by atoms with Crippen LogP contribution in [-0.4, -0.2) is 31.9 Å². The van der Waals surface area contributed by atoms with Crippen LogP contribution in [-0.2, 0) is 16.6 Å². The fourth-order valence-electron chi connectivity index (χ4n) is 2.76. The Kier molecular flexibility index (Phi) is 6.27. The fourth-order valence-corrected chi connectivity index (χ4v) is 3.54. The second-order valence-corrected chi connectivity index (χ2v) is 8.01. The van der Waals surface area contributed by atoms with E-state index in [4.69, 9.17) is 31.2 Å². The zero-order valence-corrected chi connectivity index (χ0v) is 17.1. The Bertz CT molecular complexity index is 1180. The standard InChI is InChI=1S/C18H17ClN4O6S/c1-28-14-7-4-11(8-13(14)19)17-16(15(29-23-17)9-21-18(24)22-25)10-2-5-12(6-3-10)30(20,26)27/h2-8,25H,9H2,1H3,(H2,20,26,27)(H2,21,22,24). The van der Waals surface area contributed by atoms with E-state index in [0.29, 0.717) is 33.2 Å². The highest BCUT2D eigenvalue weighted by atomic mass is 35.5. The summed E-state index contributed by atoms with van der Waals surface area (Å²) in [5.74, 6) is 0.744. The fraction of sp³-hybridized carbons (Fsp3) is 0.111. The number of benzene rings is 2. The summed E-state index contributed by atoms with van der Waals surface area (Å²) in [5, 5.41) is 20.6. The van der Waals surface area contributed by atoms with Gasteiger partial charge in [0.15, 0.2) is 5.76 Å². The van der Waals surface area contributed by atoms with Crippen LogP contribution in [0.5, 0.6) is 5.75 Å². The van der Waals surface area contributed by atoms with E-state index in [9.17, 15) is 13.2 Å². The number of nitrogens with two attached hydrogens (primary N) is 1. The van der Waals surface area contributed by atoms with Gasteiger partial charge >= 0.3 is 6.03 Å². The van der Waals surface area contributed by atoms with Crippen molar-refractivity contribution in [1.82, 2.24) is 16.0 Å². The Morgan fingerprint density at radius 3 is 2.47 bits per heavy atom. The van der Waals surface area contributed by atoms with Crippen LogP contribution in [0.1, 0.15) is 5.76 Å². The lowest BCUT2D eigenvalue weighted by Crippen LogP contribution is -2.32. The molecule has 0 radical (unpaired) electrons. The number of primary sulfonamides is 1. The summed E-state index contributed by atoms with van der Waals surface area (Å²) >= 11 is 6.22. The molecule has 3 rings (SSSR count). The maximum Gasteiger partial charge on any atom is 0.338 e. The lowest BCUT2D eigenvalue weighted by atomic mass is 9.99. The zero-order chi connectivity index (χ0) is 21.9. The third-order valence-corrected chi connectivity index (χ3v) is 5.40. The van der Waals surface area contributed by atoms with E-state index in [-0.39, 0.29) is 17.2 Å². The molecule has 2 amide bonds. The number of carbonyl (C=O) groups excluding carboxylic acids is 1. The summed E-state index contributed by atoms with van der Waals surface area (Å²) in [6.45, 7) is -0.102. The number of amides is 2. The number of sulfonamides is 1.